The predicted octanol–water partition coefficient (Wildman–Crippen LogP) is 6.77. The Labute approximate surface area is 246 Å². The standard InChI is InChI=1S/C34H53NO6/c1-20(36)40-24-19-31(7)25(30(5,6)27(24)41-21(2)37)12-13-33(9)26(31)11-10-22-23-18-29(3,4)14-16-34(23,28(38)35-39)17-15-32(22,33)8/h10,23-27,39H,11-19H2,1-9H3,(H,35,38)/t23-,24-,25-,26+,27+,31-,32+,33+,34-/m0/s1. The van der Waals surface area contributed by atoms with Crippen molar-refractivity contribution >= 4 is 17.8 Å². The van der Waals surface area contributed by atoms with Gasteiger partial charge in [-0.05, 0) is 97.2 Å². The summed E-state index contributed by atoms with van der Waals surface area (Å²) in [6, 6.07) is 0. The fraction of sp³-hybridized carbons (Fsp3) is 0.853. The third-order valence-electron chi connectivity index (χ3n) is 13.7. The first kappa shape index (κ1) is 30.6. The maximum Gasteiger partial charge on any atom is 0.303 e. The summed E-state index contributed by atoms with van der Waals surface area (Å²) in [5.74, 6) is -0.112. The van der Waals surface area contributed by atoms with Crippen LogP contribution in [-0.4, -0.2) is 35.3 Å². The molecular formula is C34H53NO6. The smallest absolute Gasteiger partial charge is 0.303 e. The van der Waals surface area contributed by atoms with Crippen LogP contribution in [0.3, 0.4) is 0 Å². The van der Waals surface area contributed by atoms with Gasteiger partial charge < -0.3 is 9.47 Å². The fourth-order valence-electron chi connectivity index (χ4n) is 11.6. The number of fused-ring (bicyclic) bond motifs is 7. The van der Waals surface area contributed by atoms with Crippen molar-refractivity contribution in [1.82, 2.24) is 5.48 Å². The average molecular weight is 572 g/mol. The summed E-state index contributed by atoms with van der Waals surface area (Å²) in [6.45, 7) is 19.3. The van der Waals surface area contributed by atoms with E-state index < -0.39 is 17.6 Å². The van der Waals surface area contributed by atoms with Crippen LogP contribution in [0.1, 0.15) is 120 Å². The van der Waals surface area contributed by atoms with Crippen molar-refractivity contribution in [3.63, 3.8) is 0 Å². The predicted molar refractivity (Wildman–Crippen MR) is 155 cm³/mol. The quantitative estimate of drug-likeness (QED) is 0.168. The Kier molecular flexibility index (Phi) is 7.12. The van der Waals surface area contributed by atoms with Crippen molar-refractivity contribution in [1.29, 1.82) is 0 Å². The summed E-state index contributed by atoms with van der Waals surface area (Å²) >= 11 is 0. The molecule has 0 heterocycles. The molecule has 2 N–H and O–H groups in total. The van der Waals surface area contributed by atoms with Crippen molar-refractivity contribution < 1.29 is 29.1 Å². The molecule has 0 aliphatic heterocycles. The number of hydroxylamine groups is 1. The fourth-order valence-corrected chi connectivity index (χ4v) is 11.6. The van der Waals surface area contributed by atoms with Crippen LogP contribution in [0.15, 0.2) is 11.6 Å². The van der Waals surface area contributed by atoms with Gasteiger partial charge >= 0.3 is 11.9 Å². The van der Waals surface area contributed by atoms with Gasteiger partial charge in [-0.2, -0.15) is 0 Å². The Morgan fingerprint density at radius 2 is 1.49 bits per heavy atom. The van der Waals surface area contributed by atoms with Crippen molar-refractivity contribution in [3.05, 3.63) is 11.6 Å². The van der Waals surface area contributed by atoms with Crippen molar-refractivity contribution in [2.45, 2.75) is 132 Å². The molecular weight excluding hydrogens is 518 g/mol. The second kappa shape index (κ2) is 9.56. The molecule has 0 saturated heterocycles. The minimum absolute atomic E-state index is 0.00308. The third-order valence-corrected chi connectivity index (χ3v) is 13.7. The number of ether oxygens (including phenoxy) is 2. The molecule has 0 aromatic carbocycles. The molecule has 0 aromatic rings. The Bertz CT molecular complexity index is 1160. The number of esters is 2. The molecule has 0 radical (unpaired) electrons. The topological polar surface area (TPSA) is 102 Å². The summed E-state index contributed by atoms with van der Waals surface area (Å²) in [5.41, 5.74) is 2.53. The molecule has 0 spiro atoms. The van der Waals surface area contributed by atoms with Crippen LogP contribution in [0, 0.1) is 50.2 Å². The molecule has 5 aliphatic carbocycles. The van der Waals surface area contributed by atoms with Gasteiger partial charge in [0.25, 0.3) is 0 Å². The minimum Gasteiger partial charge on any atom is -0.459 e. The van der Waals surface area contributed by atoms with Gasteiger partial charge in [0, 0.05) is 19.3 Å². The van der Waals surface area contributed by atoms with Crippen LogP contribution in [-0.2, 0) is 23.9 Å². The molecule has 0 unspecified atom stereocenters. The van der Waals surface area contributed by atoms with Gasteiger partial charge in [0.2, 0.25) is 5.91 Å². The molecule has 5 rings (SSSR count). The highest BCUT2D eigenvalue weighted by molar-refractivity contribution is 5.83. The van der Waals surface area contributed by atoms with Gasteiger partial charge in [0.15, 0.2) is 0 Å². The summed E-state index contributed by atoms with van der Waals surface area (Å²) in [4.78, 5) is 37.8. The number of allylic oxidation sites excluding steroid dienone is 2. The molecule has 41 heavy (non-hydrogen) atoms. The largest absolute Gasteiger partial charge is 0.459 e. The van der Waals surface area contributed by atoms with Crippen LogP contribution in [0.4, 0.5) is 0 Å². The molecule has 0 aromatic heterocycles. The van der Waals surface area contributed by atoms with E-state index in [1.165, 1.54) is 19.4 Å². The van der Waals surface area contributed by atoms with Crippen LogP contribution < -0.4 is 5.48 Å². The molecule has 230 valence electrons. The van der Waals surface area contributed by atoms with E-state index in [2.05, 4.69) is 60.0 Å². The monoisotopic (exact) mass is 571 g/mol. The van der Waals surface area contributed by atoms with E-state index >= 15 is 0 Å². The van der Waals surface area contributed by atoms with Crippen molar-refractivity contribution in [2.75, 3.05) is 0 Å². The van der Waals surface area contributed by atoms with Crippen LogP contribution in [0.25, 0.3) is 0 Å². The summed E-state index contributed by atoms with van der Waals surface area (Å²) in [7, 11) is 0. The molecule has 7 nitrogen and oxygen atoms in total. The zero-order valence-corrected chi connectivity index (χ0v) is 26.8. The highest BCUT2D eigenvalue weighted by Crippen LogP contribution is 2.76. The van der Waals surface area contributed by atoms with Crippen LogP contribution >= 0.6 is 0 Å². The van der Waals surface area contributed by atoms with Crippen LogP contribution in [0.2, 0.25) is 0 Å². The molecule has 7 heteroatoms. The lowest BCUT2D eigenvalue weighted by Crippen LogP contribution is -2.68. The number of nitrogens with one attached hydrogen (secondary N) is 1. The first-order valence-corrected chi connectivity index (χ1v) is 15.9. The van der Waals surface area contributed by atoms with Crippen molar-refractivity contribution in [2.24, 2.45) is 50.2 Å². The molecule has 9 atom stereocenters. The number of amides is 1. The first-order chi connectivity index (χ1) is 18.9. The van der Waals surface area contributed by atoms with Gasteiger partial charge in [-0.1, -0.05) is 60.1 Å². The normalized spacial score (nSPS) is 45.9. The van der Waals surface area contributed by atoms with Gasteiger partial charge in [-0.3, -0.25) is 19.6 Å². The summed E-state index contributed by atoms with van der Waals surface area (Å²) < 4.78 is 11.9. The second-order valence-electron chi connectivity index (χ2n) is 16.5. The number of hydrogen-bond donors (Lipinski definition) is 2. The van der Waals surface area contributed by atoms with E-state index in [1.54, 1.807) is 0 Å². The number of carbonyl (C=O) groups excluding carboxylic acids is 3. The van der Waals surface area contributed by atoms with Gasteiger partial charge in [-0.15, -0.1) is 0 Å². The maximum atomic E-state index is 13.4. The summed E-state index contributed by atoms with van der Waals surface area (Å²) in [5, 5.41) is 9.84. The number of rotatable bonds is 3. The Balaban J connectivity index is 1.59. The van der Waals surface area contributed by atoms with Gasteiger partial charge in [-0.25, -0.2) is 5.48 Å². The van der Waals surface area contributed by atoms with Gasteiger partial charge in [0.05, 0.1) is 5.41 Å². The number of hydrogen-bond acceptors (Lipinski definition) is 6. The Hall–Kier alpha value is -1.89. The van der Waals surface area contributed by atoms with Crippen molar-refractivity contribution in [3.8, 4) is 0 Å². The van der Waals surface area contributed by atoms with E-state index in [0.717, 1.165) is 51.4 Å². The average Bonchev–Trinajstić information content (AvgIpc) is 2.85. The second-order valence-corrected chi connectivity index (χ2v) is 16.5. The maximum absolute atomic E-state index is 13.4. The first-order valence-electron chi connectivity index (χ1n) is 15.9. The van der Waals surface area contributed by atoms with E-state index in [-0.39, 0.29) is 50.8 Å². The lowest BCUT2D eigenvalue weighted by molar-refractivity contribution is -0.244. The Morgan fingerprint density at radius 3 is 2.10 bits per heavy atom. The van der Waals surface area contributed by atoms with E-state index in [4.69, 9.17) is 9.47 Å². The minimum atomic E-state index is -0.551. The van der Waals surface area contributed by atoms with Crippen LogP contribution in [0.5, 0.6) is 0 Å². The zero-order valence-electron chi connectivity index (χ0n) is 26.8. The lowest BCUT2D eigenvalue weighted by Gasteiger charge is -2.71. The number of carbonyl (C=O) groups is 3. The highest BCUT2D eigenvalue weighted by atomic mass is 16.6. The summed E-state index contributed by atoms with van der Waals surface area (Å²) in [6.07, 6.45) is 9.64. The van der Waals surface area contributed by atoms with Gasteiger partial charge in [0.1, 0.15) is 12.2 Å². The van der Waals surface area contributed by atoms with E-state index in [1.807, 2.05) is 0 Å². The molecule has 1 amide bonds. The van der Waals surface area contributed by atoms with E-state index in [9.17, 15) is 19.6 Å². The lowest BCUT2D eigenvalue weighted by atomic mass is 9.33. The molecule has 5 aliphatic rings. The zero-order chi connectivity index (χ0) is 30.4. The third kappa shape index (κ3) is 4.25. The highest BCUT2D eigenvalue weighted by Gasteiger charge is 2.70. The SMILES string of the molecule is CC(=O)O[C@H]1C[C@]2(C)[C@H]3CC=C4[C@@H]5CC(C)(C)CC[C@]5(C(=O)NO)CC[C@@]4(C)[C@]3(C)CC[C@H]2C(C)(C)[C@@H]1OC(C)=O. The van der Waals surface area contributed by atoms with E-state index in [0.29, 0.717) is 18.3 Å². The Morgan fingerprint density at radius 1 is 0.854 bits per heavy atom. The molecule has 0 bridgehead atoms. The molecule has 4 fully saturated rings. The molecule has 4 saturated carbocycles.